The summed E-state index contributed by atoms with van der Waals surface area (Å²) in [4.78, 5) is 15.5. The summed E-state index contributed by atoms with van der Waals surface area (Å²) in [6.45, 7) is 1.75. The van der Waals surface area contributed by atoms with Crippen LogP contribution in [0.2, 0.25) is 0 Å². The Morgan fingerprint density at radius 3 is 2.77 bits per heavy atom. The Labute approximate surface area is 182 Å². The molecule has 6 heteroatoms. The molecule has 1 N–H and O–H groups in total. The molecule has 31 heavy (non-hydrogen) atoms. The molecule has 0 spiro atoms. The summed E-state index contributed by atoms with van der Waals surface area (Å²) < 4.78 is 7.71. The summed E-state index contributed by atoms with van der Waals surface area (Å²) >= 11 is 0. The molecule has 1 aliphatic carbocycles. The van der Waals surface area contributed by atoms with Crippen molar-refractivity contribution in [2.24, 2.45) is 5.92 Å². The lowest BCUT2D eigenvalue weighted by molar-refractivity contribution is -0.120. The molecule has 0 radical (unpaired) electrons. The minimum Gasteiger partial charge on any atom is -0.448 e. The zero-order valence-corrected chi connectivity index (χ0v) is 17.7. The van der Waals surface area contributed by atoms with Crippen LogP contribution in [0.25, 0.3) is 12.0 Å². The van der Waals surface area contributed by atoms with Crippen molar-refractivity contribution in [3.8, 4) is 0 Å². The number of ether oxygens (including phenoxy) is 1. The number of allylic oxidation sites excluding steroid dienone is 1. The van der Waals surface area contributed by atoms with Gasteiger partial charge in [-0.2, -0.15) is 5.10 Å². The van der Waals surface area contributed by atoms with E-state index in [0.29, 0.717) is 30.3 Å². The predicted octanol–water partition coefficient (Wildman–Crippen LogP) is 3.56. The lowest BCUT2D eigenvalue weighted by Gasteiger charge is -2.39. The predicted molar refractivity (Wildman–Crippen MR) is 118 cm³/mol. The second-order valence-electron chi connectivity index (χ2n) is 9.26. The van der Waals surface area contributed by atoms with E-state index in [-0.39, 0.29) is 5.91 Å². The molecule has 4 heterocycles. The van der Waals surface area contributed by atoms with Gasteiger partial charge in [0.25, 0.3) is 5.91 Å². The van der Waals surface area contributed by atoms with Gasteiger partial charge in [0.2, 0.25) is 5.76 Å². The van der Waals surface area contributed by atoms with Crippen molar-refractivity contribution in [3.63, 3.8) is 0 Å². The minimum absolute atomic E-state index is 0.145. The van der Waals surface area contributed by atoms with Crippen LogP contribution in [0.5, 0.6) is 0 Å². The summed E-state index contributed by atoms with van der Waals surface area (Å²) in [5, 5.41) is 7.54. The van der Waals surface area contributed by atoms with Crippen LogP contribution in [0.4, 0.5) is 0 Å². The van der Waals surface area contributed by atoms with Gasteiger partial charge < -0.3 is 10.1 Å². The Morgan fingerprint density at radius 1 is 1.16 bits per heavy atom. The van der Waals surface area contributed by atoms with E-state index >= 15 is 0 Å². The van der Waals surface area contributed by atoms with Gasteiger partial charge in [-0.15, -0.1) is 0 Å². The van der Waals surface area contributed by atoms with Crippen LogP contribution in [-0.2, 0) is 22.5 Å². The first kappa shape index (κ1) is 18.9. The molecule has 2 unspecified atom stereocenters. The molecule has 6 nitrogen and oxygen atoms in total. The minimum atomic E-state index is -0.145. The van der Waals surface area contributed by atoms with E-state index in [4.69, 9.17) is 4.74 Å². The smallest absolute Gasteiger partial charge is 0.288 e. The number of aryl methyl sites for hydroxylation is 1. The summed E-state index contributed by atoms with van der Waals surface area (Å²) in [6, 6.07) is 12.0. The summed E-state index contributed by atoms with van der Waals surface area (Å²) in [5.41, 5.74) is 3.57. The van der Waals surface area contributed by atoms with Gasteiger partial charge in [0.1, 0.15) is 11.5 Å². The number of benzene rings is 1. The second-order valence-corrected chi connectivity index (χ2v) is 9.26. The molecule has 1 amide bonds. The van der Waals surface area contributed by atoms with Crippen LogP contribution in [0.3, 0.4) is 0 Å². The van der Waals surface area contributed by atoms with Crippen LogP contribution in [0, 0.1) is 5.92 Å². The first-order valence-corrected chi connectivity index (χ1v) is 11.5. The van der Waals surface area contributed by atoms with Gasteiger partial charge in [-0.3, -0.25) is 9.69 Å². The van der Waals surface area contributed by atoms with E-state index in [1.54, 1.807) is 10.9 Å². The zero-order valence-electron chi connectivity index (χ0n) is 17.7. The third-order valence-corrected chi connectivity index (χ3v) is 7.27. The molecule has 6 rings (SSSR count). The lowest BCUT2D eigenvalue weighted by atomic mass is 9.90. The number of nitrogens with zero attached hydrogens (tertiary/aromatic N) is 3. The van der Waals surface area contributed by atoms with E-state index in [9.17, 15) is 4.79 Å². The maximum Gasteiger partial charge on any atom is 0.288 e. The molecule has 1 aromatic carbocycles. The molecular formula is C25H28N4O2. The van der Waals surface area contributed by atoms with E-state index in [1.165, 1.54) is 24.0 Å². The Morgan fingerprint density at radius 2 is 1.97 bits per heavy atom. The molecule has 3 aliphatic heterocycles. The fourth-order valence-corrected chi connectivity index (χ4v) is 5.79. The van der Waals surface area contributed by atoms with Gasteiger partial charge in [-0.05, 0) is 56.1 Å². The second kappa shape index (κ2) is 7.68. The topological polar surface area (TPSA) is 59.4 Å². The fraction of sp³-hybridized carbons (Fsp3) is 0.440. The first-order valence-electron chi connectivity index (χ1n) is 11.5. The van der Waals surface area contributed by atoms with Crippen molar-refractivity contribution in [2.75, 3.05) is 6.54 Å². The van der Waals surface area contributed by atoms with E-state index in [1.807, 2.05) is 6.20 Å². The van der Waals surface area contributed by atoms with Gasteiger partial charge in [0.05, 0.1) is 12.4 Å². The monoisotopic (exact) mass is 416 g/mol. The summed E-state index contributed by atoms with van der Waals surface area (Å²) in [5.74, 6) is 1.48. The summed E-state index contributed by atoms with van der Waals surface area (Å²) in [7, 11) is 0. The molecule has 1 aromatic heterocycles. The van der Waals surface area contributed by atoms with E-state index in [0.717, 1.165) is 43.7 Å². The lowest BCUT2D eigenvalue weighted by Crippen LogP contribution is -2.45. The fourth-order valence-electron chi connectivity index (χ4n) is 5.79. The average molecular weight is 417 g/mol. The number of nitrogens with one attached hydrogen (secondary N) is 1. The molecule has 160 valence electrons. The van der Waals surface area contributed by atoms with Gasteiger partial charge in [-0.1, -0.05) is 30.3 Å². The van der Waals surface area contributed by atoms with Crippen molar-refractivity contribution < 1.29 is 9.53 Å². The number of aromatic nitrogens is 2. The number of hydrogen-bond donors (Lipinski definition) is 1. The highest BCUT2D eigenvalue weighted by Crippen LogP contribution is 2.39. The molecule has 4 aliphatic rings. The number of carbonyl (C=O) groups excluding carboxylic acids is 1. The van der Waals surface area contributed by atoms with Crippen LogP contribution < -0.4 is 5.32 Å². The van der Waals surface area contributed by atoms with Crippen LogP contribution in [0.15, 0.2) is 48.4 Å². The maximum atomic E-state index is 12.8. The Balaban J connectivity index is 1.07. The standard InChI is InChI=1S/C25H28N4O2/c30-25(23-16-29-24-19(14-27-29)7-4-8-22(24)31-23)26-13-18-11-20-9-10-21(12-18)28(20)15-17-5-2-1-3-6-17/h1-3,5-6,8,14,16,18,20-21H,4,7,9-13,15H2,(H,26,30). The Hall–Kier alpha value is -2.86. The number of amides is 1. The molecular weight excluding hydrogens is 388 g/mol. The number of fused-ring (bicyclic) bond motifs is 2. The Kier molecular flexibility index (Phi) is 4.68. The van der Waals surface area contributed by atoms with Crippen LogP contribution in [-0.4, -0.2) is 39.2 Å². The third-order valence-electron chi connectivity index (χ3n) is 7.27. The Bertz CT molecular complexity index is 1040. The van der Waals surface area contributed by atoms with Gasteiger partial charge in [0, 0.05) is 30.7 Å². The maximum absolute atomic E-state index is 12.8. The SMILES string of the molecule is O=C(NCC1CC2CCC(C1)N2Cc1ccccc1)C1=Cn2ncc3c2C(=CCC3)O1. The van der Waals surface area contributed by atoms with Crippen molar-refractivity contribution in [2.45, 2.75) is 57.2 Å². The van der Waals surface area contributed by atoms with Crippen LogP contribution in [0.1, 0.15) is 48.9 Å². The zero-order chi connectivity index (χ0) is 20.8. The first-order chi connectivity index (χ1) is 15.2. The number of piperidine rings is 1. The quantitative estimate of drug-likeness (QED) is 0.810. The molecule has 0 saturated carbocycles. The van der Waals surface area contributed by atoms with E-state index < -0.39 is 0 Å². The summed E-state index contributed by atoms with van der Waals surface area (Å²) in [6.07, 6.45) is 12.4. The van der Waals surface area contributed by atoms with Gasteiger partial charge >= 0.3 is 0 Å². The van der Waals surface area contributed by atoms with E-state index in [2.05, 4.69) is 51.7 Å². The van der Waals surface area contributed by atoms with Crippen molar-refractivity contribution in [3.05, 3.63) is 65.2 Å². The number of rotatable bonds is 5. The normalized spacial score (nSPS) is 26.5. The highest BCUT2D eigenvalue weighted by molar-refractivity contribution is 5.96. The third kappa shape index (κ3) is 3.49. The largest absolute Gasteiger partial charge is 0.448 e. The van der Waals surface area contributed by atoms with Gasteiger partial charge in [-0.25, -0.2) is 4.68 Å². The molecule has 2 atom stereocenters. The average Bonchev–Trinajstić information content (AvgIpc) is 3.31. The highest BCUT2D eigenvalue weighted by atomic mass is 16.5. The number of carbonyl (C=O) groups is 1. The van der Waals surface area contributed by atoms with Crippen molar-refractivity contribution in [1.29, 1.82) is 0 Å². The number of hydrogen-bond acceptors (Lipinski definition) is 4. The van der Waals surface area contributed by atoms with Crippen molar-refractivity contribution in [1.82, 2.24) is 20.0 Å². The molecule has 2 aromatic rings. The van der Waals surface area contributed by atoms with Crippen LogP contribution >= 0.6 is 0 Å². The van der Waals surface area contributed by atoms with Crippen molar-refractivity contribution >= 4 is 17.9 Å². The molecule has 2 fully saturated rings. The van der Waals surface area contributed by atoms with Gasteiger partial charge in [0.15, 0.2) is 0 Å². The molecule has 2 bridgehead atoms. The molecule has 2 saturated heterocycles. The highest BCUT2D eigenvalue weighted by Gasteiger charge is 2.40.